The lowest BCUT2D eigenvalue weighted by Crippen LogP contribution is -2.32. The molecule has 0 spiro atoms. The highest BCUT2D eigenvalue weighted by Crippen LogP contribution is 2.34. The van der Waals surface area contributed by atoms with Crippen LogP contribution in [0.25, 0.3) is 11.0 Å². The Hall–Kier alpha value is -2.10. The molecule has 4 heteroatoms. The molecule has 0 N–H and O–H groups in total. The highest BCUT2D eigenvalue weighted by Gasteiger charge is 2.33. The Bertz CT molecular complexity index is 761. The zero-order chi connectivity index (χ0) is 15.8. The summed E-state index contributed by atoms with van der Waals surface area (Å²) >= 11 is 0. The van der Waals surface area contributed by atoms with E-state index >= 15 is 0 Å². The minimum absolute atomic E-state index is 0.130. The second-order valence-electron chi connectivity index (χ2n) is 6.73. The van der Waals surface area contributed by atoms with Gasteiger partial charge in [-0.25, -0.2) is 4.98 Å². The van der Waals surface area contributed by atoms with E-state index in [1.165, 1.54) is 0 Å². The SMILES string of the molecule is Cn1c([C@@H]2CCCN2C(=O)C[C@H]2C=CCC2)nc2ccccc21. The molecule has 1 amide bonds. The Morgan fingerprint density at radius 2 is 2.17 bits per heavy atom. The molecule has 2 heterocycles. The molecule has 2 atom stereocenters. The largest absolute Gasteiger partial charge is 0.332 e. The molecule has 0 unspecified atom stereocenters. The number of hydrogen-bond acceptors (Lipinski definition) is 2. The van der Waals surface area contributed by atoms with Crippen LogP contribution >= 0.6 is 0 Å². The highest BCUT2D eigenvalue weighted by atomic mass is 16.2. The van der Waals surface area contributed by atoms with Crippen LogP contribution in [0.15, 0.2) is 36.4 Å². The van der Waals surface area contributed by atoms with Crippen molar-refractivity contribution in [1.82, 2.24) is 14.5 Å². The summed E-state index contributed by atoms with van der Waals surface area (Å²) in [5.74, 6) is 1.75. The molecule has 1 aromatic carbocycles. The molecule has 2 aromatic rings. The van der Waals surface area contributed by atoms with Crippen LogP contribution in [0, 0.1) is 5.92 Å². The van der Waals surface area contributed by atoms with Gasteiger partial charge < -0.3 is 9.47 Å². The average molecular weight is 309 g/mol. The summed E-state index contributed by atoms with van der Waals surface area (Å²) in [7, 11) is 2.06. The summed E-state index contributed by atoms with van der Waals surface area (Å²) in [4.78, 5) is 19.6. The number of aryl methyl sites for hydroxylation is 1. The standard InChI is InChI=1S/C19H23N3O/c1-21-16-10-5-4-9-15(16)20-19(21)17-11-6-12-22(17)18(23)13-14-7-2-3-8-14/h2,4-5,7,9-10,14,17H,3,6,8,11-13H2,1H3/t14-,17-/m0/s1. The van der Waals surface area contributed by atoms with Crippen LogP contribution in [0.4, 0.5) is 0 Å². The maximum Gasteiger partial charge on any atom is 0.223 e. The number of aromatic nitrogens is 2. The van der Waals surface area contributed by atoms with E-state index in [9.17, 15) is 4.79 Å². The van der Waals surface area contributed by atoms with Gasteiger partial charge in [-0.2, -0.15) is 0 Å². The van der Waals surface area contributed by atoms with Crippen LogP contribution in [0.3, 0.4) is 0 Å². The first-order valence-electron chi connectivity index (χ1n) is 8.61. The smallest absolute Gasteiger partial charge is 0.223 e. The van der Waals surface area contributed by atoms with Gasteiger partial charge in [-0.05, 0) is 43.7 Å². The monoisotopic (exact) mass is 309 g/mol. The Morgan fingerprint density at radius 3 is 2.96 bits per heavy atom. The number of nitrogens with zero attached hydrogens (tertiary/aromatic N) is 3. The van der Waals surface area contributed by atoms with Crippen molar-refractivity contribution in [3.8, 4) is 0 Å². The van der Waals surface area contributed by atoms with Gasteiger partial charge in [0.2, 0.25) is 5.91 Å². The molecule has 1 saturated heterocycles. The number of allylic oxidation sites excluding steroid dienone is 2. The third-order valence-corrected chi connectivity index (χ3v) is 5.24. The number of hydrogen-bond donors (Lipinski definition) is 0. The fourth-order valence-corrected chi connectivity index (χ4v) is 4.00. The zero-order valence-corrected chi connectivity index (χ0v) is 13.6. The van der Waals surface area contributed by atoms with Crippen LogP contribution < -0.4 is 0 Å². The van der Waals surface area contributed by atoms with Crippen LogP contribution in [0.5, 0.6) is 0 Å². The van der Waals surface area contributed by atoms with Crippen LogP contribution in [0.2, 0.25) is 0 Å². The van der Waals surface area contributed by atoms with Crippen LogP contribution in [-0.4, -0.2) is 26.9 Å². The van der Waals surface area contributed by atoms with Crippen molar-refractivity contribution in [2.75, 3.05) is 6.54 Å². The van der Waals surface area contributed by atoms with Crippen molar-refractivity contribution in [3.05, 3.63) is 42.2 Å². The van der Waals surface area contributed by atoms with Gasteiger partial charge in [0.25, 0.3) is 0 Å². The van der Waals surface area contributed by atoms with Crippen molar-refractivity contribution >= 4 is 16.9 Å². The fourth-order valence-electron chi connectivity index (χ4n) is 4.00. The number of amides is 1. The minimum Gasteiger partial charge on any atom is -0.332 e. The molecule has 1 aliphatic heterocycles. The van der Waals surface area contributed by atoms with E-state index in [1.54, 1.807) is 0 Å². The van der Waals surface area contributed by atoms with Crippen LogP contribution in [0.1, 0.15) is 44.0 Å². The third-order valence-electron chi connectivity index (χ3n) is 5.24. The lowest BCUT2D eigenvalue weighted by atomic mass is 10.0. The first kappa shape index (κ1) is 14.5. The summed E-state index contributed by atoms with van der Waals surface area (Å²) in [6.45, 7) is 0.864. The fraction of sp³-hybridized carbons (Fsp3) is 0.474. The van der Waals surface area contributed by atoms with E-state index in [2.05, 4.69) is 34.7 Å². The normalized spacial score (nSPS) is 24.0. The highest BCUT2D eigenvalue weighted by molar-refractivity contribution is 5.79. The van der Waals surface area contributed by atoms with Gasteiger partial charge >= 0.3 is 0 Å². The number of para-hydroxylation sites is 2. The minimum atomic E-state index is 0.130. The zero-order valence-electron chi connectivity index (χ0n) is 13.6. The second kappa shape index (κ2) is 5.84. The van der Waals surface area contributed by atoms with Gasteiger partial charge in [0.05, 0.1) is 17.1 Å². The number of carbonyl (C=O) groups excluding carboxylic acids is 1. The molecule has 0 saturated carbocycles. The molecule has 120 valence electrons. The first-order valence-corrected chi connectivity index (χ1v) is 8.61. The summed E-state index contributed by atoms with van der Waals surface area (Å²) in [5.41, 5.74) is 2.16. The molecule has 1 fully saturated rings. The van der Waals surface area contributed by atoms with Crippen molar-refractivity contribution in [2.24, 2.45) is 13.0 Å². The third kappa shape index (κ3) is 2.56. The van der Waals surface area contributed by atoms with E-state index in [0.29, 0.717) is 12.3 Å². The molecule has 0 radical (unpaired) electrons. The van der Waals surface area contributed by atoms with E-state index in [-0.39, 0.29) is 11.9 Å². The lowest BCUT2D eigenvalue weighted by molar-refractivity contribution is -0.133. The van der Waals surface area contributed by atoms with Crippen molar-refractivity contribution in [1.29, 1.82) is 0 Å². The lowest BCUT2D eigenvalue weighted by Gasteiger charge is -2.25. The number of benzene rings is 1. The molecule has 4 rings (SSSR count). The number of fused-ring (bicyclic) bond motifs is 1. The van der Waals surface area contributed by atoms with Crippen molar-refractivity contribution in [2.45, 2.75) is 38.1 Å². The summed E-state index contributed by atoms with van der Waals surface area (Å²) in [6.07, 6.45) is 9.38. The van der Waals surface area contributed by atoms with Gasteiger partial charge in [-0.15, -0.1) is 0 Å². The Balaban J connectivity index is 1.60. The summed E-state index contributed by atoms with van der Waals surface area (Å²) in [6, 6.07) is 8.32. The summed E-state index contributed by atoms with van der Waals surface area (Å²) < 4.78 is 2.15. The Labute approximate surface area is 136 Å². The predicted molar refractivity (Wildman–Crippen MR) is 90.9 cm³/mol. The maximum absolute atomic E-state index is 12.8. The molecule has 1 aliphatic carbocycles. The molecule has 2 aliphatic rings. The van der Waals surface area contributed by atoms with Crippen molar-refractivity contribution in [3.63, 3.8) is 0 Å². The Morgan fingerprint density at radius 1 is 1.30 bits per heavy atom. The Kier molecular flexibility index (Phi) is 3.68. The molecular weight excluding hydrogens is 286 g/mol. The number of imidazole rings is 1. The first-order chi connectivity index (χ1) is 11.2. The molecule has 1 aromatic heterocycles. The van der Waals surface area contributed by atoms with Gasteiger partial charge in [-0.1, -0.05) is 24.3 Å². The molecule has 4 nitrogen and oxygen atoms in total. The van der Waals surface area contributed by atoms with E-state index in [1.807, 2.05) is 18.2 Å². The molecule has 0 bridgehead atoms. The van der Waals surface area contributed by atoms with Gasteiger partial charge in [0.15, 0.2) is 0 Å². The van der Waals surface area contributed by atoms with E-state index in [4.69, 9.17) is 4.98 Å². The second-order valence-corrected chi connectivity index (χ2v) is 6.73. The maximum atomic E-state index is 12.8. The number of carbonyl (C=O) groups is 1. The van der Waals surface area contributed by atoms with Gasteiger partial charge in [0.1, 0.15) is 5.82 Å². The number of rotatable bonds is 3. The topological polar surface area (TPSA) is 38.1 Å². The summed E-state index contributed by atoms with van der Waals surface area (Å²) in [5, 5.41) is 0. The van der Waals surface area contributed by atoms with Crippen LogP contribution in [-0.2, 0) is 11.8 Å². The van der Waals surface area contributed by atoms with E-state index < -0.39 is 0 Å². The van der Waals surface area contributed by atoms with Crippen molar-refractivity contribution < 1.29 is 4.79 Å². The van der Waals surface area contributed by atoms with E-state index in [0.717, 1.165) is 49.1 Å². The predicted octanol–water partition coefficient (Wildman–Crippen LogP) is 3.59. The quantitative estimate of drug-likeness (QED) is 0.813. The molecule has 23 heavy (non-hydrogen) atoms. The molecular formula is C19H23N3O. The van der Waals surface area contributed by atoms with Gasteiger partial charge in [-0.3, -0.25) is 4.79 Å². The average Bonchev–Trinajstić information content (AvgIpc) is 3.27. The van der Waals surface area contributed by atoms with Gasteiger partial charge in [0, 0.05) is 20.0 Å². The number of likely N-dealkylation sites (tertiary alicyclic amines) is 1.